The monoisotopic (exact) mass is 505 g/mol. The number of para-hydroxylation sites is 1. The highest BCUT2D eigenvalue weighted by Crippen LogP contribution is 2.31. The van der Waals surface area contributed by atoms with E-state index in [0.29, 0.717) is 31.3 Å². The van der Waals surface area contributed by atoms with Crippen LogP contribution in [0.25, 0.3) is 6.08 Å². The summed E-state index contributed by atoms with van der Waals surface area (Å²) in [6.07, 6.45) is 1.91. The highest BCUT2D eigenvalue weighted by Gasteiger charge is 2.32. The number of thiophene rings is 1. The number of halogens is 1. The number of nitrogens with zero attached hydrogens (tertiary/aromatic N) is 2. The number of nitrogens with one attached hydrogen (secondary N) is 1. The fourth-order valence-corrected chi connectivity index (χ4v) is 6.03. The van der Waals surface area contributed by atoms with Crippen LogP contribution in [0.4, 0.5) is 5.69 Å². The normalized spacial score (nSPS) is 15.7. The van der Waals surface area contributed by atoms with Gasteiger partial charge in [0.1, 0.15) is 0 Å². The van der Waals surface area contributed by atoms with Crippen LogP contribution < -0.4 is 20.2 Å². The first-order valence-electron chi connectivity index (χ1n) is 10.6. The van der Waals surface area contributed by atoms with Gasteiger partial charge in [-0.15, -0.1) is 11.3 Å². The first-order chi connectivity index (χ1) is 16.4. The molecular weight excluding hydrogens is 486 g/mol. The molecule has 4 aromatic rings. The molecule has 34 heavy (non-hydrogen) atoms. The van der Waals surface area contributed by atoms with Gasteiger partial charge < -0.3 is 5.32 Å². The van der Waals surface area contributed by atoms with E-state index in [1.807, 2.05) is 73.8 Å². The van der Waals surface area contributed by atoms with Crippen molar-refractivity contribution in [2.24, 2.45) is 4.99 Å². The third-order valence-electron chi connectivity index (χ3n) is 5.65. The van der Waals surface area contributed by atoms with E-state index in [1.54, 1.807) is 28.0 Å². The molecule has 0 fully saturated rings. The van der Waals surface area contributed by atoms with E-state index in [9.17, 15) is 9.59 Å². The van der Waals surface area contributed by atoms with Gasteiger partial charge >= 0.3 is 0 Å². The number of rotatable bonds is 4. The average molecular weight is 506 g/mol. The van der Waals surface area contributed by atoms with E-state index in [1.165, 1.54) is 11.3 Å². The maximum atomic E-state index is 13.6. The Kier molecular flexibility index (Phi) is 6.08. The largest absolute Gasteiger partial charge is 0.322 e. The summed E-state index contributed by atoms with van der Waals surface area (Å²) >= 11 is 9.06. The van der Waals surface area contributed by atoms with Crippen LogP contribution in [0, 0.1) is 6.92 Å². The number of thiazole rings is 1. The summed E-state index contributed by atoms with van der Waals surface area (Å²) in [7, 11) is 0. The molecule has 0 spiro atoms. The molecule has 0 saturated heterocycles. The molecule has 0 aliphatic carbocycles. The molecule has 0 saturated carbocycles. The topological polar surface area (TPSA) is 63.5 Å². The molecule has 1 atom stereocenters. The zero-order valence-electron chi connectivity index (χ0n) is 18.4. The SMILES string of the molecule is CC1=C(C(=O)Nc2ccccc2)[C@@H](c2ccc(Cl)cc2)n2c(sc(=Cc3sccc3C)c2=O)=N1. The van der Waals surface area contributed by atoms with Gasteiger partial charge in [-0.2, -0.15) is 0 Å². The van der Waals surface area contributed by atoms with Crippen molar-refractivity contribution in [2.75, 3.05) is 5.32 Å². The number of amides is 1. The van der Waals surface area contributed by atoms with E-state index in [-0.39, 0.29) is 11.5 Å². The van der Waals surface area contributed by atoms with Crippen LogP contribution in [-0.4, -0.2) is 10.5 Å². The van der Waals surface area contributed by atoms with Gasteiger partial charge in [0.25, 0.3) is 11.5 Å². The number of hydrogen-bond acceptors (Lipinski definition) is 5. The lowest BCUT2D eigenvalue weighted by Crippen LogP contribution is -2.40. The van der Waals surface area contributed by atoms with Crippen LogP contribution in [0.15, 0.2) is 87.1 Å². The number of hydrogen-bond donors (Lipinski definition) is 1. The van der Waals surface area contributed by atoms with Crippen LogP contribution in [0.1, 0.15) is 29.0 Å². The van der Waals surface area contributed by atoms with Crippen molar-refractivity contribution >= 4 is 51.9 Å². The Balaban J connectivity index is 1.69. The molecule has 2 aromatic carbocycles. The molecule has 1 N–H and O–H groups in total. The Morgan fingerprint density at radius 1 is 1.09 bits per heavy atom. The number of carbonyl (C=O) groups is 1. The summed E-state index contributed by atoms with van der Waals surface area (Å²) in [6, 6.07) is 17.9. The Labute approximate surface area is 209 Å². The summed E-state index contributed by atoms with van der Waals surface area (Å²) in [4.78, 5) is 33.4. The highest BCUT2D eigenvalue weighted by molar-refractivity contribution is 7.11. The van der Waals surface area contributed by atoms with Crippen molar-refractivity contribution in [1.82, 2.24) is 4.57 Å². The van der Waals surface area contributed by atoms with Gasteiger partial charge in [-0.1, -0.05) is 53.3 Å². The molecule has 8 heteroatoms. The summed E-state index contributed by atoms with van der Waals surface area (Å²) in [6.45, 7) is 3.83. The minimum atomic E-state index is -0.621. The quantitative estimate of drug-likeness (QED) is 0.429. The maximum absolute atomic E-state index is 13.6. The van der Waals surface area contributed by atoms with Gasteiger partial charge in [-0.25, -0.2) is 4.99 Å². The predicted molar refractivity (Wildman–Crippen MR) is 139 cm³/mol. The van der Waals surface area contributed by atoms with Crippen LogP contribution in [0.2, 0.25) is 5.02 Å². The second kappa shape index (κ2) is 9.18. The van der Waals surface area contributed by atoms with E-state index >= 15 is 0 Å². The molecule has 0 radical (unpaired) electrons. The van der Waals surface area contributed by atoms with Gasteiger partial charge in [0.2, 0.25) is 0 Å². The van der Waals surface area contributed by atoms with Crippen LogP contribution >= 0.6 is 34.3 Å². The summed E-state index contributed by atoms with van der Waals surface area (Å²) < 4.78 is 2.20. The van der Waals surface area contributed by atoms with E-state index in [4.69, 9.17) is 11.6 Å². The number of carbonyl (C=O) groups excluding carboxylic acids is 1. The van der Waals surface area contributed by atoms with E-state index in [2.05, 4.69) is 10.3 Å². The summed E-state index contributed by atoms with van der Waals surface area (Å²) in [5.74, 6) is -0.296. The van der Waals surface area contributed by atoms with Crippen molar-refractivity contribution in [3.05, 3.63) is 118 Å². The minimum Gasteiger partial charge on any atom is -0.322 e. The maximum Gasteiger partial charge on any atom is 0.271 e. The predicted octanol–water partition coefficient (Wildman–Crippen LogP) is 4.90. The molecule has 1 aliphatic heterocycles. The number of aromatic nitrogens is 1. The highest BCUT2D eigenvalue weighted by atomic mass is 35.5. The standard InChI is InChI=1S/C26H20ClN3O2S2/c1-15-12-13-33-20(15)14-21-25(32)30-23(17-8-10-18(27)11-9-17)22(16(2)28-26(30)34-21)24(31)29-19-6-4-3-5-7-19/h3-14,23H,1-2H3,(H,29,31)/t23-/m1/s1. The molecule has 5 nitrogen and oxygen atoms in total. The summed E-state index contributed by atoms with van der Waals surface area (Å²) in [5.41, 5.74) is 3.41. The lowest BCUT2D eigenvalue weighted by atomic mass is 9.95. The molecule has 1 aliphatic rings. The third kappa shape index (κ3) is 4.18. The molecule has 0 unspecified atom stereocenters. The van der Waals surface area contributed by atoms with Crippen LogP contribution in [0.5, 0.6) is 0 Å². The van der Waals surface area contributed by atoms with Crippen molar-refractivity contribution in [3.8, 4) is 0 Å². The van der Waals surface area contributed by atoms with Gasteiger partial charge in [-0.05, 0) is 66.8 Å². The summed E-state index contributed by atoms with van der Waals surface area (Å²) in [5, 5.41) is 5.54. The molecule has 5 rings (SSSR count). The molecular formula is C26H20ClN3O2S2. The van der Waals surface area contributed by atoms with Gasteiger partial charge in [0.05, 0.1) is 21.8 Å². The molecule has 2 aromatic heterocycles. The van der Waals surface area contributed by atoms with Crippen molar-refractivity contribution in [3.63, 3.8) is 0 Å². The van der Waals surface area contributed by atoms with Crippen LogP contribution in [0.3, 0.4) is 0 Å². The Hall–Kier alpha value is -3.26. The minimum absolute atomic E-state index is 0.172. The van der Waals surface area contributed by atoms with Crippen molar-refractivity contribution in [1.29, 1.82) is 0 Å². The zero-order chi connectivity index (χ0) is 23.8. The fourth-order valence-electron chi connectivity index (χ4n) is 3.94. The van der Waals surface area contributed by atoms with Gasteiger partial charge in [0.15, 0.2) is 4.80 Å². The Bertz CT molecular complexity index is 1600. The number of fused-ring (bicyclic) bond motifs is 1. The number of aryl methyl sites for hydroxylation is 1. The lowest BCUT2D eigenvalue weighted by Gasteiger charge is -2.25. The van der Waals surface area contributed by atoms with Crippen molar-refractivity contribution in [2.45, 2.75) is 19.9 Å². The van der Waals surface area contributed by atoms with Crippen LogP contribution in [-0.2, 0) is 4.79 Å². The second-order valence-corrected chi connectivity index (χ2v) is 10.3. The second-order valence-electron chi connectivity index (χ2n) is 7.92. The van der Waals surface area contributed by atoms with Gasteiger partial charge in [-0.3, -0.25) is 14.2 Å². The number of allylic oxidation sites excluding steroid dienone is 1. The molecule has 170 valence electrons. The number of benzene rings is 2. The van der Waals surface area contributed by atoms with E-state index < -0.39 is 6.04 Å². The zero-order valence-corrected chi connectivity index (χ0v) is 20.8. The first kappa shape index (κ1) is 22.5. The lowest BCUT2D eigenvalue weighted by molar-refractivity contribution is -0.113. The molecule has 1 amide bonds. The smallest absolute Gasteiger partial charge is 0.271 e. The third-order valence-corrected chi connectivity index (χ3v) is 7.85. The van der Waals surface area contributed by atoms with Gasteiger partial charge in [0, 0.05) is 15.6 Å². The molecule has 0 bridgehead atoms. The molecule has 3 heterocycles. The Morgan fingerprint density at radius 2 is 1.82 bits per heavy atom. The fraction of sp³-hybridized carbons (Fsp3) is 0.115. The van der Waals surface area contributed by atoms with E-state index in [0.717, 1.165) is 16.0 Å². The average Bonchev–Trinajstić information content (AvgIpc) is 3.36. The van der Waals surface area contributed by atoms with Crippen molar-refractivity contribution < 1.29 is 4.79 Å². The number of anilines is 1. The Morgan fingerprint density at radius 3 is 2.50 bits per heavy atom. The first-order valence-corrected chi connectivity index (χ1v) is 12.7.